The quantitative estimate of drug-likeness (QED) is 0.639. The summed E-state index contributed by atoms with van der Waals surface area (Å²) < 4.78 is 17.4. The predicted molar refractivity (Wildman–Crippen MR) is 46.7 cm³/mol. The van der Waals surface area contributed by atoms with Gasteiger partial charge in [-0.3, -0.25) is 0 Å². The highest BCUT2D eigenvalue weighted by molar-refractivity contribution is 7.80. The third kappa shape index (κ3) is 3.43. The normalized spacial score (nSPS) is 35.2. The topological polar surface area (TPSA) is 9.23 Å². The van der Waals surface area contributed by atoms with E-state index >= 15 is 0 Å². The van der Waals surface area contributed by atoms with Gasteiger partial charge in [0.25, 0.3) is 0 Å². The summed E-state index contributed by atoms with van der Waals surface area (Å²) in [5.74, 6) is 0. The molecule has 0 N–H and O–H groups in total. The van der Waals surface area contributed by atoms with Crippen molar-refractivity contribution in [1.82, 2.24) is 0 Å². The zero-order valence-electron chi connectivity index (χ0n) is 6.79. The molecule has 0 heterocycles. The van der Waals surface area contributed by atoms with Gasteiger partial charge in [-0.05, 0) is 32.6 Å². The van der Waals surface area contributed by atoms with Crippen molar-refractivity contribution in [3.05, 3.63) is 0 Å². The molecule has 1 atom stereocenters. The number of halogens is 1. The van der Waals surface area contributed by atoms with Crippen LogP contribution >= 0.6 is 12.6 Å². The summed E-state index contributed by atoms with van der Waals surface area (Å²) in [7, 11) is 0. The Balaban J connectivity index is 2.17. The van der Waals surface area contributed by atoms with Crippen molar-refractivity contribution in [2.45, 2.75) is 50.3 Å². The van der Waals surface area contributed by atoms with Crippen LogP contribution in [0.1, 0.15) is 32.6 Å². The fourth-order valence-corrected chi connectivity index (χ4v) is 1.74. The van der Waals surface area contributed by atoms with Gasteiger partial charge in [-0.25, -0.2) is 4.39 Å². The lowest BCUT2D eigenvalue weighted by Crippen LogP contribution is -2.24. The van der Waals surface area contributed by atoms with Crippen molar-refractivity contribution in [3.63, 3.8) is 0 Å². The Morgan fingerprint density at radius 3 is 2.36 bits per heavy atom. The Hall–Kier alpha value is 0.240. The molecule has 0 amide bonds. The Kier molecular flexibility index (Phi) is 3.66. The minimum absolute atomic E-state index is 0.137. The van der Waals surface area contributed by atoms with Crippen LogP contribution in [0.15, 0.2) is 0 Å². The van der Waals surface area contributed by atoms with Crippen LogP contribution in [-0.2, 0) is 4.74 Å². The van der Waals surface area contributed by atoms with Crippen LogP contribution in [0.5, 0.6) is 0 Å². The predicted octanol–water partition coefficient (Wildman–Crippen LogP) is 2.56. The molecule has 0 aromatic rings. The molecule has 0 aromatic heterocycles. The SMILES string of the molecule is CC(F)OC1CCC(S)CC1. The standard InChI is InChI=1S/C8H15FOS/c1-6(9)10-7-2-4-8(11)5-3-7/h6-8,11H,2-5H2,1H3. The van der Waals surface area contributed by atoms with Crippen LogP contribution in [0.2, 0.25) is 0 Å². The van der Waals surface area contributed by atoms with E-state index in [0.29, 0.717) is 5.25 Å². The van der Waals surface area contributed by atoms with E-state index in [-0.39, 0.29) is 6.10 Å². The van der Waals surface area contributed by atoms with Gasteiger partial charge in [-0.15, -0.1) is 0 Å². The minimum atomic E-state index is -1.11. The molecule has 1 aliphatic carbocycles. The fraction of sp³-hybridized carbons (Fsp3) is 1.00. The molecular weight excluding hydrogens is 163 g/mol. The fourth-order valence-electron chi connectivity index (χ4n) is 1.45. The van der Waals surface area contributed by atoms with Gasteiger partial charge in [0, 0.05) is 5.25 Å². The van der Waals surface area contributed by atoms with E-state index in [1.807, 2.05) is 0 Å². The first-order valence-electron chi connectivity index (χ1n) is 4.16. The second-order valence-corrected chi connectivity index (χ2v) is 3.84. The number of rotatable bonds is 2. The number of hydrogen-bond acceptors (Lipinski definition) is 2. The van der Waals surface area contributed by atoms with E-state index in [4.69, 9.17) is 4.74 Å². The molecule has 66 valence electrons. The van der Waals surface area contributed by atoms with Crippen LogP contribution in [0.4, 0.5) is 4.39 Å². The van der Waals surface area contributed by atoms with Crippen LogP contribution in [-0.4, -0.2) is 17.7 Å². The summed E-state index contributed by atoms with van der Waals surface area (Å²) in [6.07, 6.45) is 3.06. The van der Waals surface area contributed by atoms with Gasteiger partial charge in [-0.2, -0.15) is 12.6 Å². The molecule has 0 aromatic carbocycles. The van der Waals surface area contributed by atoms with Crippen molar-refractivity contribution >= 4 is 12.6 Å². The number of ether oxygens (including phenoxy) is 1. The first-order chi connectivity index (χ1) is 5.18. The molecule has 0 saturated heterocycles. The minimum Gasteiger partial charge on any atom is -0.345 e. The molecule has 1 aliphatic rings. The van der Waals surface area contributed by atoms with Crippen molar-refractivity contribution < 1.29 is 9.13 Å². The Morgan fingerprint density at radius 2 is 1.91 bits per heavy atom. The molecule has 3 heteroatoms. The molecule has 0 radical (unpaired) electrons. The van der Waals surface area contributed by atoms with Gasteiger partial charge >= 0.3 is 0 Å². The van der Waals surface area contributed by atoms with Crippen molar-refractivity contribution in [1.29, 1.82) is 0 Å². The van der Waals surface area contributed by atoms with E-state index in [9.17, 15) is 4.39 Å². The zero-order valence-corrected chi connectivity index (χ0v) is 7.69. The van der Waals surface area contributed by atoms with Gasteiger partial charge in [0.1, 0.15) is 0 Å². The smallest absolute Gasteiger partial charge is 0.196 e. The van der Waals surface area contributed by atoms with E-state index in [0.717, 1.165) is 25.7 Å². The molecule has 1 unspecified atom stereocenters. The molecular formula is C8H15FOS. The molecule has 0 spiro atoms. The van der Waals surface area contributed by atoms with Crippen molar-refractivity contribution in [2.75, 3.05) is 0 Å². The average Bonchev–Trinajstić information content (AvgIpc) is 1.93. The highest BCUT2D eigenvalue weighted by Crippen LogP contribution is 2.25. The largest absolute Gasteiger partial charge is 0.345 e. The van der Waals surface area contributed by atoms with Crippen LogP contribution in [0, 0.1) is 0 Å². The van der Waals surface area contributed by atoms with Crippen molar-refractivity contribution in [2.24, 2.45) is 0 Å². The Labute approximate surface area is 72.7 Å². The van der Waals surface area contributed by atoms with Gasteiger partial charge in [-0.1, -0.05) is 0 Å². The Morgan fingerprint density at radius 1 is 1.36 bits per heavy atom. The Bertz CT molecular complexity index is 111. The first-order valence-corrected chi connectivity index (χ1v) is 4.67. The van der Waals surface area contributed by atoms with E-state index in [1.165, 1.54) is 6.92 Å². The summed E-state index contributed by atoms with van der Waals surface area (Å²) in [4.78, 5) is 0. The van der Waals surface area contributed by atoms with Gasteiger partial charge in [0.15, 0.2) is 6.36 Å². The van der Waals surface area contributed by atoms with E-state index in [2.05, 4.69) is 12.6 Å². The lowest BCUT2D eigenvalue weighted by Gasteiger charge is -2.26. The first kappa shape index (κ1) is 9.33. The van der Waals surface area contributed by atoms with Crippen LogP contribution < -0.4 is 0 Å². The lowest BCUT2D eigenvalue weighted by atomic mass is 9.97. The summed E-state index contributed by atoms with van der Waals surface area (Å²) in [6, 6.07) is 0. The maximum Gasteiger partial charge on any atom is 0.196 e. The molecule has 1 saturated carbocycles. The van der Waals surface area contributed by atoms with Crippen LogP contribution in [0.25, 0.3) is 0 Å². The highest BCUT2D eigenvalue weighted by Gasteiger charge is 2.20. The molecule has 0 bridgehead atoms. The molecule has 11 heavy (non-hydrogen) atoms. The highest BCUT2D eigenvalue weighted by atomic mass is 32.1. The maximum absolute atomic E-state index is 12.3. The van der Waals surface area contributed by atoms with Gasteiger partial charge < -0.3 is 4.74 Å². The monoisotopic (exact) mass is 178 g/mol. The van der Waals surface area contributed by atoms with Crippen molar-refractivity contribution in [3.8, 4) is 0 Å². The molecule has 1 nitrogen and oxygen atoms in total. The summed E-state index contributed by atoms with van der Waals surface area (Å²) in [5.41, 5.74) is 0. The van der Waals surface area contributed by atoms with Crippen LogP contribution in [0.3, 0.4) is 0 Å². The molecule has 1 rings (SSSR count). The summed E-state index contributed by atoms with van der Waals surface area (Å²) in [6.45, 7) is 1.44. The van der Waals surface area contributed by atoms with E-state index in [1.54, 1.807) is 0 Å². The number of alkyl halides is 1. The summed E-state index contributed by atoms with van der Waals surface area (Å²) >= 11 is 4.34. The second kappa shape index (κ2) is 4.31. The molecule has 1 fully saturated rings. The average molecular weight is 178 g/mol. The zero-order chi connectivity index (χ0) is 8.27. The van der Waals surface area contributed by atoms with Gasteiger partial charge in [0.2, 0.25) is 0 Å². The lowest BCUT2D eigenvalue weighted by molar-refractivity contribution is -0.0848. The third-order valence-electron chi connectivity index (χ3n) is 2.02. The second-order valence-electron chi connectivity index (χ2n) is 3.11. The third-order valence-corrected chi connectivity index (χ3v) is 2.54. The number of thiol groups is 1. The maximum atomic E-state index is 12.3. The van der Waals surface area contributed by atoms with E-state index < -0.39 is 6.36 Å². The van der Waals surface area contributed by atoms with Gasteiger partial charge in [0.05, 0.1) is 6.10 Å². The molecule has 0 aliphatic heterocycles. The number of hydrogen-bond donors (Lipinski definition) is 1. The summed E-state index contributed by atoms with van der Waals surface area (Å²) in [5, 5.41) is 0.504.